The fourth-order valence-electron chi connectivity index (χ4n) is 1.57. The second-order valence-electron chi connectivity index (χ2n) is 4.93. The van der Waals surface area contributed by atoms with Crippen LogP contribution in [-0.2, 0) is 19.4 Å². The monoisotopic (exact) mass is 293 g/mol. The van der Waals surface area contributed by atoms with Gasteiger partial charge in [0, 0.05) is 0 Å². The van der Waals surface area contributed by atoms with E-state index in [4.69, 9.17) is 5.11 Å². The van der Waals surface area contributed by atoms with Gasteiger partial charge in [-0.3, -0.25) is 4.79 Å². The van der Waals surface area contributed by atoms with Crippen molar-refractivity contribution in [3.63, 3.8) is 0 Å². The highest BCUT2D eigenvalue weighted by atomic mass is 32.2. The van der Waals surface area contributed by atoms with Gasteiger partial charge in [0.05, 0.1) is 5.75 Å². The summed E-state index contributed by atoms with van der Waals surface area (Å²) in [6, 6.07) is -1.06. The van der Waals surface area contributed by atoms with Crippen molar-refractivity contribution in [1.82, 2.24) is 5.32 Å². The average molecular weight is 293 g/mol. The van der Waals surface area contributed by atoms with Crippen molar-refractivity contribution in [3.8, 4) is 0 Å². The third-order valence-corrected chi connectivity index (χ3v) is 4.27. The zero-order valence-corrected chi connectivity index (χ0v) is 12.5. The van der Waals surface area contributed by atoms with Crippen molar-refractivity contribution in [2.45, 2.75) is 46.1 Å². The molecular formula is C12H23NO5S. The molecule has 0 heterocycles. The number of carbonyl (C=O) groups is 2. The first-order valence-electron chi connectivity index (χ1n) is 6.42. The first-order chi connectivity index (χ1) is 8.69. The lowest BCUT2D eigenvalue weighted by Crippen LogP contribution is -2.46. The van der Waals surface area contributed by atoms with Crippen LogP contribution in [0.2, 0.25) is 0 Å². The molecule has 0 rings (SSSR count). The number of hydrogen-bond acceptors (Lipinski definition) is 4. The van der Waals surface area contributed by atoms with Gasteiger partial charge in [0.15, 0.2) is 9.84 Å². The Bertz CT molecular complexity index is 402. The molecule has 1 atom stereocenters. The molecule has 0 aromatic carbocycles. The van der Waals surface area contributed by atoms with Gasteiger partial charge in [-0.1, -0.05) is 33.6 Å². The molecule has 0 aliphatic heterocycles. The number of nitrogens with one attached hydrogen (secondary N) is 1. The molecule has 0 aromatic heterocycles. The van der Waals surface area contributed by atoms with Crippen molar-refractivity contribution in [3.05, 3.63) is 0 Å². The summed E-state index contributed by atoms with van der Waals surface area (Å²) in [4.78, 5) is 22.4. The number of carboxylic acid groups (broad SMARTS) is 1. The van der Waals surface area contributed by atoms with E-state index in [1.807, 2.05) is 6.92 Å². The Balaban J connectivity index is 4.40. The molecule has 112 valence electrons. The normalized spacial score (nSPS) is 13.3. The molecule has 0 aromatic rings. The molecule has 0 aliphatic carbocycles. The highest BCUT2D eigenvalue weighted by Crippen LogP contribution is 2.03. The van der Waals surface area contributed by atoms with Crippen LogP contribution in [0.3, 0.4) is 0 Å². The highest BCUT2D eigenvalue weighted by Gasteiger charge is 2.25. The molecule has 19 heavy (non-hydrogen) atoms. The van der Waals surface area contributed by atoms with Crippen molar-refractivity contribution in [1.29, 1.82) is 0 Å². The largest absolute Gasteiger partial charge is 0.480 e. The number of rotatable bonds is 9. The predicted octanol–water partition coefficient (Wildman–Crippen LogP) is 0.817. The van der Waals surface area contributed by atoms with E-state index in [-0.39, 0.29) is 11.7 Å². The van der Waals surface area contributed by atoms with Crippen LogP contribution in [0.25, 0.3) is 0 Å². The topological polar surface area (TPSA) is 101 Å². The number of carbonyl (C=O) groups excluding carboxylic acids is 1. The summed E-state index contributed by atoms with van der Waals surface area (Å²) in [5, 5.41) is 11.1. The maximum Gasteiger partial charge on any atom is 0.326 e. The number of carboxylic acids is 1. The Kier molecular flexibility index (Phi) is 7.66. The molecule has 0 fully saturated rings. The summed E-state index contributed by atoms with van der Waals surface area (Å²) in [6.07, 6.45) is 2.22. The minimum Gasteiger partial charge on any atom is -0.480 e. The van der Waals surface area contributed by atoms with Crippen LogP contribution in [0, 0.1) is 5.92 Å². The smallest absolute Gasteiger partial charge is 0.326 e. The minimum absolute atomic E-state index is 0.0341. The third-order valence-electron chi connectivity index (χ3n) is 2.66. The quantitative estimate of drug-likeness (QED) is 0.613. The molecule has 0 spiro atoms. The zero-order chi connectivity index (χ0) is 15.1. The van der Waals surface area contributed by atoms with Gasteiger partial charge in [0.1, 0.15) is 11.8 Å². The predicted molar refractivity (Wildman–Crippen MR) is 72.6 cm³/mol. The SMILES string of the molecule is CCCCCS(=O)(=O)CC(=O)N[C@@H](C(=O)O)C(C)C. The van der Waals surface area contributed by atoms with E-state index in [0.717, 1.165) is 12.8 Å². The molecule has 0 aliphatic rings. The third kappa shape index (κ3) is 7.81. The fraction of sp³-hybridized carbons (Fsp3) is 0.833. The number of unbranched alkanes of at least 4 members (excludes halogenated alkanes) is 2. The summed E-state index contributed by atoms with van der Waals surface area (Å²) < 4.78 is 23.3. The maximum absolute atomic E-state index is 11.6. The van der Waals surface area contributed by atoms with Gasteiger partial charge in [0.25, 0.3) is 0 Å². The molecule has 0 saturated carbocycles. The molecule has 0 saturated heterocycles. The lowest BCUT2D eigenvalue weighted by molar-refractivity contribution is -0.142. The first-order valence-corrected chi connectivity index (χ1v) is 8.24. The van der Waals surface area contributed by atoms with Crippen LogP contribution in [0.5, 0.6) is 0 Å². The van der Waals surface area contributed by atoms with Crippen LogP contribution in [0.1, 0.15) is 40.0 Å². The Morgan fingerprint density at radius 3 is 2.21 bits per heavy atom. The summed E-state index contributed by atoms with van der Waals surface area (Å²) >= 11 is 0. The van der Waals surface area contributed by atoms with Gasteiger partial charge in [-0.15, -0.1) is 0 Å². The molecular weight excluding hydrogens is 270 g/mol. The van der Waals surface area contributed by atoms with E-state index in [9.17, 15) is 18.0 Å². The van der Waals surface area contributed by atoms with E-state index in [1.165, 1.54) is 0 Å². The minimum atomic E-state index is -3.46. The number of amides is 1. The molecule has 0 unspecified atom stereocenters. The molecule has 2 N–H and O–H groups in total. The number of sulfone groups is 1. The van der Waals surface area contributed by atoms with E-state index in [0.29, 0.717) is 6.42 Å². The van der Waals surface area contributed by atoms with Gasteiger partial charge >= 0.3 is 5.97 Å². The van der Waals surface area contributed by atoms with Crippen molar-refractivity contribution in [2.75, 3.05) is 11.5 Å². The van der Waals surface area contributed by atoms with Crippen LogP contribution in [0.15, 0.2) is 0 Å². The van der Waals surface area contributed by atoms with Gasteiger partial charge in [-0.05, 0) is 12.3 Å². The van der Waals surface area contributed by atoms with E-state index < -0.39 is 33.5 Å². The summed E-state index contributed by atoms with van der Waals surface area (Å²) in [5.41, 5.74) is 0. The van der Waals surface area contributed by atoms with Crippen LogP contribution >= 0.6 is 0 Å². The Morgan fingerprint density at radius 1 is 1.21 bits per heavy atom. The standard InChI is InChI=1S/C12H23NO5S/c1-4-5-6-7-19(17,18)8-10(14)13-11(9(2)3)12(15)16/h9,11H,4-8H2,1-3H3,(H,13,14)(H,15,16)/t11-/m1/s1. The number of hydrogen-bond donors (Lipinski definition) is 2. The maximum atomic E-state index is 11.6. The van der Waals surface area contributed by atoms with Crippen molar-refractivity contribution >= 4 is 21.7 Å². The lowest BCUT2D eigenvalue weighted by Gasteiger charge is -2.17. The molecule has 0 bridgehead atoms. The number of aliphatic carboxylic acids is 1. The summed E-state index contributed by atoms with van der Waals surface area (Å²) in [5.74, 6) is -2.89. The summed E-state index contributed by atoms with van der Waals surface area (Å²) in [7, 11) is -3.46. The summed E-state index contributed by atoms with van der Waals surface area (Å²) in [6.45, 7) is 5.25. The molecule has 0 radical (unpaired) electrons. The van der Waals surface area contributed by atoms with Gasteiger partial charge in [0.2, 0.25) is 5.91 Å². The van der Waals surface area contributed by atoms with Gasteiger partial charge in [-0.2, -0.15) is 0 Å². The van der Waals surface area contributed by atoms with Crippen LogP contribution < -0.4 is 5.32 Å². The van der Waals surface area contributed by atoms with Crippen molar-refractivity contribution < 1.29 is 23.1 Å². The second-order valence-corrected chi connectivity index (χ2v) is 7.11. The van der Waals surface area contributed by atoms with E-state index >= 15 is 0 Å². The molecule has 1 amide bonds. The first kappa shape index (κ1) is 17.9. The van der Waals surface area contributed by atoms with Gasteiger partial charge in [-0.25, -0.2) is 13.2 Å². The Morgan fingerprint density at radius 2 is 1.79 bits per heavy atom. The fourth-order valence-corrected chi connectivity index (χ4v) is 2.84. The lowest BCUT2D eigenvalue weighted by atomic mass is 10.1. The second kappa shape index (κ2) is 8.14. The van der Waals surface area contributed by atoms with E-state index in [1.54, 1.807) is 13.8 Å². The van der Waals surface area contributed by atoms with Crippen LogP contribution in [0.4, 0.5) is 0 Å². The van der Waals surface area contributed by atoms with E-state index in [2.05, 4.69) is 5.32 Å². The zero-order valence-electron chi connectivity index (χ0n) is 11.7. The Labute approximate surface area is 114 Å². The average Bonchev–Trinajstić information content (AvgIpc) is 2.24. The molecule has 7 heteroatoms. The Hall–Kier alpha value is -1.11. The highest BCUT2D eigenvalue weighted by molar-refractivity contribution is 7.92. The molecule has 6 nitrogen and oxygen atoms in total. The van der Waals surface area contributed by atoms with Gasteiger partial charge < -0.3 is 10.4 Å². The van der Waals surface area contributed by atoms with Crippen molar-refractivity contribution in [2.24, 2.45) is 5.92 Å². The van der Waals surface area contributed by atoms with Crippen LogP contribution in [-0.4, -0.2) is 42.9 Å².